The summed E-state index contributed by atoms with van der Waals surface area (Å²) in [6.07, 6.45) is 1.79. The first-order valence-electron chi connectivity index (χ1n) is 7.21. The zero-order valence-electron chi connectivity index (χ0n) is 13.7. The van der Waals surface area contributed by atoms with Gasteiger partial charge in [0, 0.05) is 32.4 Å². The Hall–Kier alpha value is -1.83. The first kappa shape index (κ1) is 19.2. The van der Waals surface area contributed by atoms with Crippen LogP contribution in [0.15, 0.2) is 47.6 Å². The van der Waals surface area contributed by atoms with Crippen LogP contribution in [0, 0.1) is 6.92 Å². The zero-order chi connectivity index (χ0) is 15.8. The van der Waals surface area contributed by atoms with Crippen LogP contribution in [-0.4, -0.2) is 25.1 Å². The Balaban J connectivity index is 0.00000264. The Morgan fingerprint density at radius 3 is 2.48 bits per heavy atom. The van der Waals surface area contributed by atoms with E-state index in [0.29, 0.717) is 12.4 Å². The number of guanidine groups is 1. The van der Waals surface area contributed by atoms with E-state index < -0.39 is 0 Å². The average Bonchev–Trinajstić information content (AvgIpc) is 2.57. The Morgan fingerprint density at radius 2 is 1.87 bits per heavy atom. The zero-order valence-corrected chi connectivity index (χ0v) is 16.0. The van der Waals surface area contributed by atoms with Crippen molar-refractivity contribution in [3.63, 3.8) is 0 Å². The molecule has 0 saturated heterocycles. The van der Waals surface area contributed by atoms with Gasteiger partial charge in [0.1, 0.15) is 0 Å². The van der Waals surface area contributed by atoms with E-state index in [2.05, 4.69) is 39.7 Å². The van der Waals surface area contributed by atoms with E-state index in [0.717, 1.165) is 18.1 Å². The number of aliphatic imine (C=N–C) groups is 1. The predicted octanol–water partition coefficient (Wildman–Crippen LogP) is 2.88. The van der Waals surface area contributed by atoms with Crippen LogP contribution in [0.4, 0.5) is 0 Å². The lowest BCUT2D eigenvalue weighted by Crippen LogP contribution is -2.36. The van der Waals surface area contributed by atoms with Gasteiger partial charge in [-0.05, 0) is 23.6 Å². The number of pyridine rings is 1. The van der Waals surface area contributed by atoms with Crippen molar-refractivity contribution in [3.8, 4) is 5.88 Å². The van der Waals surface area contributed by atoms with Crippen molar-refractivity contribution < 1.29 is 4.74 Å². The maximum absolute atomic E-state index is 5.05. The number of hydrogen-bond acceptors (Lipinski definition) is 3. The van der Waals surface area contributed by atoms with Crippen LogP contribution in [0.1, 0.15) is 16.7 Å². The van der Waals surface area contributed by atoms with Crippen LogP contribution in [0.5, 0.6) is 5.88 Å². The Bertz CT molecular complexity index is 629. The van der Waals surface area contributed by atoms with Crippen LogP contribution < -0.4 is 15.4 Å². The quantitative estimate of drug-likeness (QED) is 0.439. The van der Waals surface area contributed by atoms with Gasteiger partial charge in [0.2, 0.25) is 5.88 Å². The van der Waals surface area contributed by atoms with Crippen molar-refractivity contribution in [3.05, 3.63) is 59.3 Å². The van der Waals surface area contributed by atoms with Gasteiger partial charge in [-0.25, -0.2) is 4.98 Å². The molecule has 0 aliphatic heterocycles. The standard InChI is InChI=1S/C17H22N4O.HI/c1-13-6-4-5-7-15(13)12-21-17(18-2)20-11-14-8-9-16(22-3)19-10-14;/h4-10H,11-12H2,1-3H3,(H2,18,20,21);1H. The van der Waals surface area contributed by atoms with E-state index in [1.54, 1.807) is 20.4 Å². The number of benzene rings is 1. The third-order valence-corrected chi connectivity index (χ3v) is 3.40. The van der Waals surface area contributed by atoms with Crippen LogP contribution >= 0.6 is 24.0 Å². The summed E-state index contributed by atoms with van der Waals surface area (Å²) in [5, 5.41) is 6.58. The first-order chi connectivity index (χ1) is 10.7. The molecule has 0 amide bonds. The topological polar surface area (TPSA) is 58.5 Å². The molecule has 0 unspecified atom stereocenters. The van der Waals surface area contributed by atoms with E-state index in [1.807, 2.05) is 24.3 Å². The molecule has 1 heterocycles. The summed E-state index contributed by atoms with van der Waals surface area (Å²) in [5.41, 5.74) is 3.60. The monoisotopic (exact) mass is 426 g/mol. The van der Waals surface area contributed by atoms with E-state index in [4.69, 9.17) is 4.74 Å². The average molecular weight is 426 g/mol. The van der Waals surface area contributed by atoms with Crippen molar-refractivity contribution >= 4 is 29.9 Å². The van der Waals surface area contributed by atoms with Crippen LogP contribution in [0.3, 0.4) is 0 Å². The van der Waals surface area contributed by atoms with E-state index in [-0.39, 0.29) is 24.0 Å². The molecule has 0 saturated carbocycles. The highest BCUT2D eigenvalue weighted by molar-refractivity contribution is 14.0. The maximum atomic E-state index is 5.05. The third kappa shape index (κ3) is 6.05. The molecule has 0 aliphatic carbocycles. The summed E-state index contributed by atoms with van der Waals surface area (Å²) in [6.45, 7) is 3.51. The molecular formula is C17H23IN4O. The largest absolute Gasteiger partial charge is 0.481 e. The van der Waals surface area contributed by atoms with Crippen molar-refractivity contribution in [2.75, 3.05) is 14.2 Å². The number of nitrogens with one attached hydrogen (secondary N) is 2. The van der Waals surface area contributed by atoms with E-state index >= 15 is 0 Å². The molecule has 0 bridgehead atoms. The van der Waals surface area contributed by atoms with E-state index in [9.17, 15) is 0 Å². The molecule has 5 nitrogen and oxygen atoms in total. The van der Waals surface area contributed by atoms with Crippen LogP contribution in [-0.2, 0) is 13.1 Å². The fourth-order valence-electron chi connectivity index (χ4n) is 2.03. The van der Waals surface area contributed by atoms with Gasteiger partial charge < -0.3 is 15.4 Å². The maximum Gasteiger partial charge on any atom is 0.212 e. The molecule has 2 rings (SSSR count). The molecule has 124 valence electrons. The van der Waals surface area contributed by atoms with Crippen molar-refractivity contribution in [1.82, 2.24) is 15.6 Å². The molecule has 0 fully saturated rings. The highest BCUT2D eigenvalue weighted by Crippen LogP contribution is 2.07. The number of nitrogens with zero attached hydrogens (tertiary/aromatic N) is 2. The van der Waals surface area contributed by atoms with Crippen molar-refractivity contribution in [2.24, 2.45) is 4.99 Å². The molecule has 1 aromatic carbocycles. The molecule has 23 heavy (non-hydrogen) atoms. The summed E-state index contributed by atoms with van der Waals surface area (Å²) in [7, 11) is 3.37. The Morgan fingerprint density at radius 1 is 1.13 bits per heavy atom. The SMILES string of the molecule is CN=C(NCc1ccc(OC)nc1)NCc1ccccc1C.I. The fraction of sp³-hybridized carbons (Fsp3) is 0.294. The summed E-state index contributed by atoms with van der Waals surface area (Å²) in [5.74, 6) is 1.38. The van der Waals surface area contributed by atoms with Crippen molar-refractivity contribution in [2.45, 2.75) is 20.0 Å². The van der Waals surface area contributed by atoms with Crippen LogP contribution in [0.2, 0.25) is 0 Å². The number of ether oxygens (including phenoxy) is 1. The summed E-state index contributed by atoms with van der Waals surface area (Å²) < 4.78 is 5.05. The van der Waals surface area contributed by atoms with Crippen molar-refractivity contribution in [1.29, 1.82) is 0 Å². The Kier molecular flexibility index (Phi) is 8.39. The highest BCUT2D eigenvalue weighted by Gasteiger charge is 2.01. The second kappa shape index (κ2) is 10.0. The van der Waals surface area contributed by atoms with Gasteiger partial charge in [0.15, 0.2) is 5.96 Å². The number of hydrogen-bond donors (Lipinski definition) is 2. The molecule has 1 aromatic heterocycles. The summed E-state index contributed by atoms with van der Waals surface area (Å²) in [6, 6.07) is 12.1. The lowest BCUT2D eigenvalue weighted by Gasteiger charge is -2.13. The van der Waals surface area contributed by atoms with Gasteiger partial charge in [-0.3, -0.25) is 4.99 Å². The normalized spacial score (nSPS) is 10.7. The molecule has 0 spiro atoms. The van der Waals surface area contributed by atoms with Gasteiger partial charge in [-0.1, -0.05) is 30.3 Å². The lowest BCUT2D eigenvalue weighted by molar-refractivity contribution is 0.397. The van der Waals surface area contributed by atoms with Gasteiger partial charge in [0.25, 0.3) is 0 Å². The summed E-state index contributed by atoms with van der Waals surface area (Å²) >= 11 is 0. The molecule has 2 aromatic rings. The minimum Gasteiger partial charge on any atom is -0.481 e. The van der Waals surface area contributed by atoms with E-state index in [1.165, 1.54) is 11.1 Å². The van der Waals surface area contributed by atoms with Gasteiger partial charge in [-0.2, -0.15) is 0 Å². The number of aromatic nitrogens is 1. The van der Waals surface area contributed by atoms with Gasteiger partial charge in [0.05, 0.1) is 7.11 Å². The Labute approximate surface area is 154 Å². The number of aryl methyl sites for hydroxylation is 1. The molecule has 0 radical (unpaired) electrons. The fourth-order valence-corrected chi connectivity index (χ4v) is 2.03. The lowest BCUT2D eigenvalue weighted by atomic mass is 10.1. The number of methoxy groups -OCH3 is 1. The molecule has 2 N–H and O–H groups in total. The minimum atomic E-state index is 0. The number of rotatable bonds is 5. The molecular weight excluding hydrogens is 403 g/mol. The third-order valence-electron chi connectivity index (χ3n) is 3.40. The predicted molar refractivity (Wildman–Crippen MR) is 104 cm³/mol. The minimum absolute atomic E-state index is 0. The molecule has 6 heteroatoms. The molecule has 0 atom stereocenters. The molecule has 0 aliphatic rings. The smallest absolute Gasteiger partial charge is 0.212 e. The van der Waals surface area contributed by atoms with Gasteiger partial charge in [-0.15, -0.1) is 24.0 Å². The van der Waals surface area contributed by atoms with Crippen LogP contribution in [0.25, 0.3) is 0 Å². The second-order valence-electron chi connectivity index (χ2n) is 4.91. The number of halogens is 1. The highest BCUT2D eigenvalue weighted by atomic mass is 127. The van der Waals surface area contributed by atoms with Gasteiger partial charge >= 0.3 is 0 Å². The summed E-state index contributed by atoms with van der Waals surface area (Å²) in [4.78, 5) is 8.41. The first-order valence-corrected chi connectivity index (χ1v) is 7.21. The second-order valence-corrected chi connectivity index (χ2v) is 4.91.